The predicted octanol–water partition coefficient (Wildman–Crippen LogP) is 4.87. The highest BCUT2D eigenvalue weighted by Gasteiger charge is 2.76. The van der Waals surface area contributed by atoms with E-state index in [9.17, 15) is 24.3 Å². The third-order valence-corrected chi connectivity index (χ3v) is 11.2. The van der Waals surface area contributed by atoms with Crippen LogP contribution in [0.25, 0.3) is 0 Å². The number of unbranched alkanes of at least 4 members (excludes halogenated alkanes) is 1. The molecule has 210 valence electrons. The molecule has 4 aliphatic carbocycles. The number of carbonyl (C=O) groups excluding carboxylic acids is 4. The van der Waals surface area contributed by atoms with Gasteiger partial charge in [0.05, 0.1) is 11.0 Å². The Bertz CT molecular complexity index is 1080. The fourth-order valence-electron chi connectivity index (χ4n) is 8.30. The smallest absolute Gasteiger partial charge is 0.306 e. The summed E-state index contributed by atoms with van der Waals surface area (Å²) in [4.78, 5) is 50.1. The number of ketones is 2. The number of carbonyl (C=O) groups is 4. The van der Waals surface area contributed by atoms with Crippen LogP contribution in [0.3, 0.4) is 0 Å². The zero-order valence-electron chi connectivity index (χ0n) is 23.2. The third-order valence-electron chi connectivity index (χ3n) is 10.3. The molecule has 3 fully saturated rings. The molecular formula is C30H41ClO7. The van der Waals surface area contributed by atoms with E-state index in [2.05, 4.69) is 0 Å². The first-order valence-electron chi connectivity index (χ1n) is 14.0. The van der Waals surface area contributed by atoms with Crippen LogP contribution in [0.4, 0.5) is 0 Å². The highest BCUT2D eigenvalue weighted by atomic mass is 35.5. The Hall–Kier alpha value is -1.99. The van der Waals surface area contributed by atoms with E-state index in [-0.39, 0.29) is 42.8 Å². The Morgan fingerprint density at radius 1 is 1.16 bits per heavy atom. The van der Waals surface area contributed by atoms with Gasteiger partial charge in [-0.15, -0.1) is 11.6 Å². The standard InChI is InChI=1S/C30H41ClO7/c1-6-8-9-26(36)37-17-24(34)30(38-25(35)7-2)18(3)14-22-21-11-10-19-15-20(32)12-13-27(19,4)29(21,31)23(33)16-28(22,30)5/h12-13,15,18,21-23,33H,6-11,14,16-17H2,1-5H3/t18-,21+,22+,23+,27+,28+,29+,30+/m1/s1. The summed E-state index contributed by atoms with van der Waals surface area (Å²) in [6.07, 6.45) is 7.79. The second-order valence-corrected chi connectivity index (χ2v) is 12.8. The SMILES string of the molecule is CCCCC(=O)OCC(=O)[C@@]1(OC(=O)CC)[C@H](C)C[C@H]2[C@@H]3CCC4=CC(=O)C=C[C@]4(C)[C@@]3(Cl)[C@@H](O)C[C@@]21C. The number of aliphatic hydroxyl groups is 1. The van der Waals surface area contributed by atoms with E-state index in [1.54, 1.807) is 13.0 Å². The topological polar surface area (TPSA) is 107 Å². The first-order valence-corrected chi connectivity index (χ1v) is 14.4. The van der Waals surface area contributed by atoms with Crippen LogP contribution < -0.4 is 0 Å². The highest BCUT2D eigenvalue weighted by Crippen LogP contribution is 2.72. The molecule has 3 saturated carbocycles. The molecule has 0 aromatic carbocycles. The highest BCUT2D eigenvalue weighted by molar-refractivity contribution is 6.26. The van der Waals surface area contributed by atoms with Gasteiger partial charge in [-0.05, 0) is 56.1 Å². The molecule has 8 heteroatoms. The van der Waals surface area contributed by atoms with Crippen molar-refractivity contribution in [3.8, 4) is 0 Å². The summed E-state index contributed by atoms with van der Waals surface area (Å²) in [5.74, 6) is -2.17. The zero-order chi connectivity index (χ0) is 28.1. The number of Topliss-reactive ketones (excluding diaryl/α,β-unsaturated/α-hetero) is 1. The molecule has 38 heavy (non-hydrogen) atoms. The minimum absolute atomic E-state index is 0.0783. The lowest BCUT2D eigenvalue weighted by Crippen LogP contribution is -2.69. The average Bonchev–Trinajstić information content (AvgIpc) is 3.09. The number of ether oxygens (including phenoxy) is 2. The molecule has 0 radical (unpaired) electrons. The van der Waals surface area contributed by atoms with Crippen molar-refractivity contribution in [2.45, 2.75) is 103 Å². The van der Waals surface area contributed by atoms with Crippen molar-refractivity contribution in [2.24, 2.45) is 28.6 Å². The van der Waals surface area contributed by atoms with E-state index in [0.717, 1.165) is 12.0 Å². The largest absolute Gasteiger partial charge is 0.457 e. The summed E-state index contributed by atoms with van der Waals surface area (Å²) in [5.41, 5.74) is -2.27. The number of hydrogen-bond donors (Lipinski definition) is 1. The quantitative estimate of drug-likeness (QED) is 0.340. The van der Waals surface area contributed by atoms with Crippen molar-refractivity contribution in [1.29, 1.82) is 0 Å². The molecule has 7 nitrogen and oxygen atoms in total. The molecule has 8 atom stereocenters. The van der Waals surface area contributed by atoms with Gasteiger partial charge >= 0.3 is 11.9 Å². The fourth-order valence-corrected chi connectivity index (χ4v) is 8.82. The molecule has 0 heterocycles. The number of hydrogen-bond acceptors (Lipinski definition) is 7. The monoisotopic (exact) mass is 548 g/mol. The van der Waals surface area contributed by atoms with Gasteiger partial charge in [0.15, 0.2) is 18.0 Å². The van der Waals surface area contributed by atoms with Crippen LogP contribution in [0.5, 0.6) is 0 Å². The van der Waals surface area contributed by atoms with Gasteiger partial charge in [-0.25, -0.2) is 0 Å². The second kappa shape index (κ2) is 10.2. The summed E-state index contributed by atoms with van der Waals surface area (Å²) >= 11 is 7.51. The van der Waals surface area contributed by atoms with Crippen molar-refractivity contribution < 1.29 is 33.8 Å². The van der Waals surface area contributed by atoms with Crippen LogP contribution in [0.15, 0.2) is 23.8 Å². The first kappa shape index (κ1) is 29.0. The number of rotatable bonds is 8. The van der Waals surface area contributed by atoms with E-state index in [1.165, 1.54) is 6.08 Å². The van der Waals surface area contributed by atoms with Crippen LogP contribution in [0.2, 0.25) is 0 Å². The molecule has 0 aromatic heterocycles. The summed E-state index contributed by atoms with van der Waals surface area (Å²) in [6.45, 7) is 8.98. The number of esters is 2. The molecule has 0 aromatic rings. The van der Waals surface area contributed by atoms with Crippen LogP contribution >= 0.6 is 11.6 Å². The maximum Gasteiger partial charge on any atom is 0.306 e. The number of alkyl halides is 1. The molecule has 0 spiro atoms. The van der Waals surface area contributed by atoms with Crippen molar-refractivity contribution in [1.82, 2.24) is 0 Å². The lowest BCUT2D eigenvalue weighted by atomic mass is 9.45. The predicted molar refractivity (Wildman–Crippen MR) is 142 cm³/mol. The summed E-state index contributed by atoms with van der Waals surface area (Å²) in [6, 6.07) is 0. The molecule has 4 rings (SSSR count). The van der Waals surface area contributed by atoms with Crippen molar-refractivity contribution in [3.63, 3.8) is 0 Å². The summed E-state index contributed by atoms with van der Waals surface area (Å²) in [7, 11) is 0. The number of fused-ring (bicyclic) bond motifs is 5. The van der Waals surface area contributed by atoms with Crippen molar-refractivity contribution in [3.05, 3.63) is 23.8 Å². The maximum atomic E-state index is 14.0. The van der Waals surface area contributed by atoms with Crippen LogP contribution in [-0.2, 0) is 28.7 Å². The van der Waals surface area contributed by atoms with Gasteiger partial charge in [0.25, 0.3) is 0 Å². The molecule has 0 aliphatic heterocycles. The van der Waals surface area contributed by atoms with E-state index in [0.29, 0.717) is 25.7 Å². The van der Waals surface area contributed by atoms with Gasteiger partial charge in [0, 0.05) is 29.6 Å². The van der Waals surface area contributed by atoms with E-state index < -0.39 is 51.7 Å². The average molecular weight is 549 g/mol. The molecular weight excluding hydrogens is 508 g/mol. The van der Waals surface area contributed by atoms with Gasteiger partial charge in [-0.2, -0.15) is 0 Å². The van der Waals surface area contributed by atoms with Gasteiger partial charge in [-0.3, -0.25) is 19.2 Å². The van der Waals surface area contributed by atoms with E-state index in [1.807, 2.05) is 33.8 Å². The molecule has 1 N–H and O–H groups in total. The molecule has 0 bridgehead atoms. The second-order valence-electron chi connectivity index (χ2n) is 12.2. The minimum Gasteiger partial charge on any atom is -0.457 e. The Morgan fingerprint density at radius 2 is 1.87 bits per heavy atom. The number of halogens is 1. The van der Waals surface area contributed by atoms with Crippen LogP contribution in [0, 0.1) is 28.6 Å². The van der Waals surface area contributed by atoms with Gasteiger partial charge in [0.1, 0.15) is 0 Å². The lowest BCUT2D eigenvalue weighted by Gasteiger charge is -2.64. The Labute approximate surface area is 230 Å². The Kier molecular flexibility index (Phi) is 7.78. The zero-order valence-corrected chi connectivity index (χ0v) is 23.9. The number of aliphatic hydroxyl groups excluding tert-OH is 1. The Balaban J connectivity index is 1.74. The van der Waals surface area contributed by atoms with Crippen LogP contribution in [-0.4, -0.2) is 51.8 Å². The van der Waals surface area contributed by atoms with Crippen molar-refractivity contribution >= 4 is 35.1 Å². The Morgan fingerprint density at radius 3 is 2.53 bits per heavy atom. The van der Waals surface area contributed by atoms with Gasteiger partial charge in [-0.1, -0.05) is 52.7 Å². The molecule has 0 unspecified atom stereocenters. The molecule has 0 amide bonds. The summed E-state index contributed by atoms with van der Waals surface area (Å²) < 4.78 is 11.5. The van der Waals surface area contributed by atoms with Crippen LogP contribution in [0.1, 0.15) is 86.0 Å². The van der Waals surface area contributed by atoms with E-state index in [4.69, 9.17) is 21.1 Å². The molecule has 4 aliphatic rings. The summed E-state index contributed by atoms with van der Waals surface area (Å²) in [5, 5.41) is 11.8. The number of allylic oxidation sites excluding steroid dienone is 4. The lowest BCUT2D eigenvalue weighted by molar-refractivity contribution is -0.203. The minimum atomic E-state index is -1.55. The third kappa shape index (κ3) is 4.02. The fraction of sp³-hybridized carbons (Fsp3) is 0.733. The normalized spacial score (nSPS) is 41.4. The van der Waals surface area contributed by atoms with Gasteiger partial charge < -0.3 is 14.6 Å². The first-order chi connectivity index (χ1) is 17.8. The van der Waals surface area contributed by atoms with Gasteiger partial charge in [0.2, 0.25) is 5.78 Å². The molecule has 0 saturated heterocycles. The van der Waals surface area contributed by atoms with Crippen molar-refractivity contribution in [2.75, 3.05) is 6.61 Å². The maximum absolute atomic E-state index is 14.0. The van der Waals surface area contributed by atoms with E-state index >= 15 is 0 Å².